The maximum atomic E-state index is 12.5. The largest absolute Gasteiger partial charge is 0.484 e. The van der Waals surface area contributed by atoms with Gasteiger partial charge in [0.05, 0.1) is 17.5 Å². The number of carbonyl (C=O) groups excluding carboxylic acids is 2. The lowest BCUT2D eigenvalue weighted by molar-refractivity contribution is -0.119. The third-order valence-electron chi connectivity index (χ3n) is 3.51. The molecule has 2 amide bonds. The van der Waals surface area contributed by atoms with Crippen LogP contribution in [0.2, 0.25) is 5.02 Å². The van der Waals surface area contributed by atoms with Crippen LogP contribution in [0.1, 0.15) is 10.4 Å². The van der Waals surface area contributed by atoms with E-state index in [-0.39, 0.29) is 12.5 Å². The second-order valence-corrected chi connectivity index (χ2v) is 5.84. The molecule has 0 aliphatic heterocycles. The first-order valence-electron chi connectivity index (χ1n) is 7.65. The number of ether oxygens (including phenoxy) is 1. The molecule has 0 radical (unpaired) electrons. The Morgan fingerprint density at radius 1 is 1.12 bits per heavy atom. The summed E-state index contributed by atoms with van der Waals surface area (Å²) < 4.78 is 5.17. The summed E-state index contributed by atoms with van der Waals surface area (Å²) in [5.74, 6) is -0.390. The van der Waals surface area contributed by atoms with Crippen LogP contribution in [-0.2, 0) is 4.79 Å². The highest BCUT2D eigenvalue weighted by Crippen LogP contribution is 2.24. The minimum Gasteiger partial charge on any atom is -0.484 e. The van der Waals surface area contributed by atoms with Crippen molar-refractivity contribution < 1.29 is 14.3 Å². The second-order valence-electron chi connectivity index (χ2n) is 5.40. The Bertz CT molecular complexity index is 920. The SMILES string of the molecule is NC(=O)COc1ccc(NC(=O)c2cn[nH]c2-c2ccc(Cl)cc2)cc1. The van der Waals surface area contributed by atoms with Crippen LogP contribution >= 0.6 is 11.6 Å². The van der Waals surface area contributed by atoms with Gasteiger partial charge in [0.1, 0.15) is 5.75 Å². The highest BCUT2D eigenvalue weighted by atomic mass is 35.5. The van der Waals surface area contributed by atoms with E-state index < -0.39 is 5.91 Å². The molecule has 1 heterocycles. The van der Waals surface area contributed by atoms with Crippen LogP contribution in [0.15, 0.2) is 54.7 Å². The van der Waals surface area contributed by atoms with E-state index in [2.05, 4.69) is 15.5 Å². The van der Waals surface area contributed by atoms with E-state index in [1.165, 1.54) is 6.20 Å². The molecule has 0 atom stereocenters. The van der Waals surface area contributed by atoms with Gasteiger partial charge in [-0.3, -0.25) is 14.7 Å². The van der Waals surface area contributed by atoms with E-state index in [0.717, 1.165) is 5.56 Å². The van der Waals surface area contributed by atoms with Crippen molar-refractivity contribution in [2.24, 2.45) is 5.73 Å². The minimum absolute atomic E-state index is 0.203. The van der Waals surface area contributed by atoms with Crippen molar-refractivity contribution in [1.82, 2.24) is 10.2 Å². The van der Waals surface area contributed by atoms with Gasteiger partial charge in [-0.05, 0) is 36.4 Å². The van der Waals surface area contributed by atoms with Crippen LogP contribution in [0.25, 0.3) is 11.3 Å². The van der Waals surface area contributed by atoms with Crippen molar-refractivity contribution in [2.45, 2.75) is 0 Å². The number of nitrogens with zero attached hydrogens (tertiary/aromatic N) is 1. The van der Waals surface area contributed by atoms with Crippen molar-refractivity contribution in [1.29, 1.82) is 0 Å². The molecule has 0 saturated carbocycles. The van der Waals surface area contributed by atoms with Gasteiger partial charge in [0.2, 0.25) is 0 Å². The van der Waals surface area contributed by atoms with Crippen LogP contribution in [0.3, 0.4) is 0 Å². The molecule has 7 nitrogen and oxygen atoms in total. The first-order chi connectivity index (χ1) is 12.5. The molecule has 4 N–H and O–H groups in total. The summed E-state index contributed by atoms with van der Waals surface area (Å²) in [6, 6.07) is 13.7. The van der Waals surface area contributed by atoms with Gasteiger partial charge < -0.3 is 15.8 Å². The van der Waals surface area contributed by atoms with E-state index in [4.69, 9.17) is 22.1 Å². The average Bonchev–Trinajstić information content (AvgIpc) is 3.11. The Morgan fingerprint density at radius 3 is 2.46 bits per heavy atom. The van der Waals surface area contributed by atoms with Crippen LogP contribution < -0.4 is 15.8 Å². The normalized spacial score (nSPS) is 10.3. The fraction of sp³-hybridized carbons (Fsp3) is 0.0556. The zero-order chi connectivity index (χ0) is 18.5. The molecule has 1 aromatic heterocycles. The quantitative estimate of drug-likeness (QED) is 0.619. The molecule has 0 bridgehead atoms. The number of H-pyrrole nitrogens is 1. The van der Waals surface area contributed by atoms with Gasteiger partial charge in [-0.25, -0.2) is 0 Å². The molecule has 0 aliphatic carbocycles. The molecule has 132 valence electrons. The van der Waals surface area contributed by atoms with Gasteiger partial charge in [-0.1, -0.05) is 23.7 Å². The molecule has 0 unspecified atom stereocenters. The van der Waals surface area contributed by atoms with Gasteiger partial charge in [0, 0.05) is 16.3 Å². The first-order valence-corrected chi connectivity index (χ1v) is 8.02. The maximum Gasteiger partial charge on any atom is 0.259 e. The number of primary amides is 1. The monoisotopic (exact) mass is 370 g/mol. The predicted molar refractivity (Wildman–Crippen MR) is 98.1 cm³/mol. The van der Waals surface area contributed by atoms with Gasteiger partial charge in [-0.2, -0.15) is 5.10 Å². The summed E-state index contributed by atoms with van der Waals surface area (Å²) in [5.41, 5.74) is 7.40. The number of aromatic amines is 1. The van der Waals surface area contributed by atoms with E-state index >= 15 is 0 Å². The van der Waals surface area contributed by atoms with Crippen LogP contribution in [-0.4, -0.2) is 28.6 Å². The Balaban J connectivity index is 1.72. The van der Waals surface area contributed by atoms with E-state index in [1.807, 2.05) is 0 Å². The summed E-state index contributed by atoms with van der Waals surface area (Å²) in [6.07, 6.45) is 1.46. The number of hydrogen-bond donors (Lipinski definition) is 3. The summed E-state index contributed by atoms with van der Waals surface area (Å²) >= 11 is 5.89. The standard InChI is InChI=1S/C18H15ClN4O3/c19-12-3-1-11(2-4-12)17-15(9-21-23-17)18(25)22-13-5-7-14(8-6-13)26-10-16(20)24/h1-9H,10H2,(H2,20,24)(H,21,23)(H,22,25). The van der Waals surface area contributed by atoms with Gasteiger partial charge in [0.25, 0.3) is 11.8 Å². The summed E-state index contributed by atoms with van der Waals surface area (Å²) in [6.45, 7) is -0.203. The lowest BCUT2D eigenvalue weighted by Gasteiger charge is -2.08. The number of benzene rings is 2. The fourth-order valence-corrected chi connectivity index (χ4v) is 2.41. The van der Waals surface area contributed by atoms with Crippen molar-refractivity contribution in [3.63, 3.8) is 0 Å². The first kappa shape index (κ1) is 17.5. The molecule has 0 aliphatic rings. The van der Waals surface area contributed by atoms with Crippen molar-refractivity contribution in [2.75, 3.05) is 11.9 Å². The number of aromatic nitrogens is 2. The second kappa shape index (κ2) is 7.71. The van der Waals surface area contributed by atoms with E-state index in [0.29, 0.717) is 27.7 Å². The fourth-order valence-electron chi connectivity index (χ4n) is 2.28. The Hall–Kier alpha value is -3.32. The number of carbonyl (C=O) groups is 2. The van der Waals surface area contributed by atoms with Crippen LogP contribution in [0, 0.1) is 0 Å². The van der Waals surface area contributed by atoms with Gasteiger partial charge in [-0.15, -0.1) is 0 Å². The Morgan fingerprint density at radius 2 is 1.81 bits per heavy atom. The predicted octanol–water partition coefficient (Wildman–Crippen LogP) is 2.85. The number of anilines is 1. The van der Waals surface area contributed by atoms with Crippen molar-refractivity contribution in [3.05, 3.63) is 65.3 Å². The molecular formula is C18H15ClN4O3. The molecule has 3 aromatic rings. The van der Waals surface area contributed by atoms with Crippen molar-refractivity contribution >= 4 is 29.1 Å². The highest BCUT2D eigenvalue weighted by molar-refractivity contribution is 6.30. The number of rotatable bonds is 6. The average molecular weight is 371 g/mol. The van der Waals surface area contributed by atoms with Gasteiger partial charge in [0.15, 0.2) is 6.61 Å². The van der Waals surface area contributed by atoms with E-state index in [1.54, 1.807) is 48.5 Å². The topological polar surface area (TPSA) is 110 Å². The third-order valence-corrected chi connectivity index (χ3v) is 3.76. The third kappa shape index (κ3) is 4.20. The summed E-state index contributed by atoms with van der Waals surface area (Å²) in [4.78, 5) is 23.3. The molecule has 26 heavy (non-hydrogen) atoms. The number of halogens is 1. The minimum atomic E-state index is -0.558. The van der Waals surface area contributed by atoms with E-state index in [9.17, 15) is 9.59 Å². The maximum absolute atomic E-state index is 12.5. The molecule has 0 spiro atoms. The zero-order valence-corrected chi connectivity index (χ0v) is 14.3. The molecule has 0 fully saturated rings. The number of hydrogen-bond acceptors (Lipinski definition) is 4. The highest BCUT2D eigenvalue weighted by Gasteiger charge is 2.15. The van der Waals surface area contributed by atoms with Gasteiger partial charge >= 0.3 is 0 Å². The van der Waals surface area contributed by atoms with Crippen LogP contribution in [0.5, 0.6) is 5.75 Å². The summed E-state index contributed by atoms with van der Waals surface area (Å²) in [7, 11) is 0. The Kier molecular flexibility index (Phi) is 5.19. The molecule has 3 rings (SSSR count). The smallest absolute Gasteiger partial charge is 0.259 e. The van der Waals surface area contributed by atoms with Crippen LogP contribution in [0.4, 0.5) is 5.69 Å². The zero-order valence-electron chi connectivity index (χ0n) is 13.5. The number of amides is 2. The molecular weight excluding hydrogens is 356 g/mol. The number of nitrogens with two attached hydrogens (primary N) is 1. The Labute approximate surface area is 154 Å². The van der Waals surface area contributed by atoms with Crippen molar-refractivity contribution in [3.8, 4) is 17.0 Å². The molecule has 8 heteroatoms. The summed E-state index contributed by atoms with van der Waals surface area (Å²) in [5, 5.41) is 10.2. The lowest BCUT2D eigenvalue weighted by Crippen LogP contribution is -2.20. The number of nitrogens with one attached hydrogen (secondary N) is 2. The lowest BCUT2D eigenvalue weighted by atomic mass is 10.1. The molecule has 0 saturated heterocycles. The molecule has 2 aromatic carbocycles.